The number of hydrogen-bond donors (Lipinski definition) is 1. The molecule has 0 aliphatic heterocycles. The van der Waals surface area contributed by atoms with E-state index in [1.165, 1.54) is 11.9 Å². The molecule has 0 bridgehead atoms. The monoisotopic (exact) mass is 379 g/mol. The van der Waals surface area contributed by atoms with E-state index >= 15 is 0 Å². The second-order valence-electron chi connectivity index (χ2n) is 5.42. The molecule has 0 atom stereocenters. The highest BCUT2D eigenvalue weighted by Crippen LogP contribution is 2.30. The summed E-state index contributed by atoms with van der Waals surface area (Å²) < 4.78 is 0. The van der Waals surface area contributed by atoms with Gasteiger partial charge in [0, 0.05) is 17.1 Å². The van der Waals surface area contributed by atoms with Gasteiger partial charge in [0.05, 0.1) is 12.5 Å². The number of carbonyl (C=O) groups is 3. The molecule has 0 saturated carbocycles. The van der Waals surface area contributed by atoms with Gasteiger partial charge in [-0.1, -0.05) is 47.5 Å². The second kappa shape index (κ2) is 8.14. The van der Waals surface area contributed by atoms with Crippen LogP contribution in [0.4, 0.5) is 0 Å². The molecule has 2 aromatic rings. The molecule has 0 aliphatic rings. The molecule has 2 aromatic carbocycles. The second-order valence-corrected chi connectivity index (χ2v) is 6.29. The summed E-state index contributed by atoms with van der Waals surface area (Å²) in [5.41, 5.74) is 1.54. The fourth-order valence-corrected chi connectivity index (χ4v) is 2.66. The number of carboxylic acid groups (broad SMARTS) is 1. The highest BCUT2D eigenvalue weighted by Gasteiger charge is 2.26. The summed E-state index contributed by atoms with van der Waals surface area (Å²) in [6, 6.07) is 13.3. The number of carboxylic acids is 1. The zero-order valence-corrected chi connectivity index (χ0v) is 14.8. The highest BCUT2D eigenvalue weighted by atomic mass is 35.5. The van der Waals surface area contributed by atoms with E-state index in [-0.39, 0.29) is 0 Å². The predicted octanol–water partition coefficient (Wildman–Crippen LogP) is 3.59. The Morgan fingerprint density at radius 2 is 1.32 bits per heavy atom. The lowest BCUT2D eigenvalue weighted by atomic mass is 9.97. The Morgan fingerprint density at radius 3 is 1.68 bits per heavy atom. The summed E-state index contributed by atoms with van der Waals surface area (Å²) in [6.45, 7) is 0. The number of aliphatic carboxylic acids is 1. The molecule has 7 heteroatoms. The van der Waals surface area contributed by atoms with E-state index < -0.39 is 30.1 Å². The molecule has 2 rings (SSSR count). The summed E-state index contributed by atoms with van der Waals surface area (Å²) in [5.74, 6) is -3.37. The first-order valence-corrected chi connectivity index (χ1v) is 8.08. The number of benzene rings is 2. The van der Waals surface area contributed by atoms with Crippen LogP contribution in [0.5, 0.6) is 0 Å². The van der Waals surface area contributed by atoms with Gasteiger partial charge in [0.25, 0.3) is 0 Å². The van der Waals surface area contributed by atoms with Crippen LogP contribution in [-0.4, -0.2) is 34.7 Å². The average Bonchev–Trinajstić information content (AvgIpc) is 2.58. The molecule has 130 valence electrons. The number of nitrogens with zero attached hydrogens (tertiary/aromatic N) is 1. The van der Waals surface area contributed by atoms with Crippen LogP contribution in [0.15, 0.2) is 48.5 Å². The number of carbonyl (C=O) groups excluding carboxylic acids is 2. The van der Waals surface area contributed by atoms with Crippen LogP contribution in [0.1, 0.15) is 23.6 Å². The maximum atomic E-state index is 12.4. The van der Waals surface area contributed by atoms with Crippen molar-refractivity contribution in [1.82, 2.24) is 4.90 Å². The summed E-state index contributed by atoms with van der Waals surface area (Å²) in [7, 11) is 1.52. The van der Waals surface area contributed by atoms with Crippen molar-refractivity contribution in [3.05, 3.63) is 69.7 Å². The van der Waals surface area contributed by atoms with Gasteiger partial charge < -0.3 is 10.0 Å². The molecule has 1 N–H and O–H groups in total. The fourth-order valence-electron chi connectivity index (χ4n) is 2.41. The number of rotatable bonds is 6. The number of ketones is 1. The van der Waals surface area contributed by atoms with Crippen molar-refractivity contribution >= 4 is 40.9 Å². The van der Waals surface area contributed by atoms with Crippen molar-refractivity contribution in [3.63, 3.8) is 0 Å². The van der Waals surface area contributed by atoms with Crippen LogP contribution >= 0.6 is 23.2 Å². The lowest BCUT2D eigenvalue weighted by molar-refractivity contribution is -0.151. The fraction of sp³-hybridized carbons (Fsp3) is 0.167. The third-order valence-electron chi connectivity index (χ3n) is 3.70. The molecule has 0 fully saturated rings. The summed E-state index contributed by atoms with van der Waals surface area (Å²) in [5, 5.41) is 9.80. The normalized spacial score (nSPS) is 10.6. The molecular formula is C18H15Cl2NO4. The van der Waals surface area contributed by atoms with Gasteiger partial charge in [-0.05, 0) is 35.4 Å². The molecule has 0 aliphatic carbocycles. The first-order valence-electron chi connectivity index (χ1n) is 7.32. The van der Waals surface area contributed by atoms with E-state index in [0.717, 1.165) is 11.1 Å². The molecule has 0 heterocycles. The zero-order chi connectivity index (χ0) is 18.6. The van der Waals surface area contributed by atoms with Crippen LogP contribution in [-0.2, 0) is 14.4 Å². The summed E-state index contributed by atoms with van der Waals surface area (Å²) >= 11 is 11.8. The zero-order valence-electron chi connectivity index (χ0n) is 13.3. The smallest absolute Gasteiger partial charge is 0.372 e. The van der Waals surface area contributed by atoms with Crippen molar-refractivity contribution in [2.24, 2.45) is 0 Å². The van der Waals surface area contributed by atoms with Gasteiger partial charge >= 0.3 is 5.97 Å². The largest absolute Gasteiger partial charge is 0.475 e. The topological polar surface area (TPSA) is 74.7 Å². The molecule has 0 saturated heterocycles. The third kappa shape index (κ3) is 4.81. The van der Waals surface area contributed by atoms with Crippen LogP contribution in [0.2, 0.25) is 10.0 Å². The van der Waals surface area contributed by atoms with E-state index in [0.29, 0.717) is 10.0 Å². The van der Waals surface area contributed by atoms with Gasteiger partial charge in [0.15, 0.2) is 0 Å². The van der Waals surface area contributed by atoms with E-state index in [4.69, 9.17) is 28.3 Å². The Hall–Kier alpha value is -2.37. The molecule has 1 amide bonds. The summed E-state index contributed by atoms with van der Waals surface area (Å²) in [6.07, 6.45) is -0.705. The van der Waals surface area contributed by atoms with Crippen molar-refractivity contribution < 1.29 is 19.5 Å². The number of hydrogen-bond acceptors (Lipinski definition) is 3. The standard InChI is InChI=1S/C18H15Cl2NO4/c1-21(16(23)10-15(22)18(24)25)17(11-2-6-13(19)7-3-11)12-4-8-14(20)9-5-12/h2-9,17H,10H2,1H3,(H,24,25). The van der Waals surface area contributed by atoms with Gasteiger partial charge in [0.2, 0.25) is 11.7 Å². The SMILES string of the molecule is CN(C(=O)CC(=O)C(=O)O)C(c1ccc(Cl)cc1)c1ccc(Cl)cc1. The van der Waals surface area contributed by atoms with Crippen molar-refractivity contribution in [2.45, 2.75) is 12.5 Å². The summed E-state index contributed by atoms with van der Waals surface area (Å²) in [4.78, 5) is 35.8. The van der Waals surface area contributed by atoms with Gasteiger partial charge in [-0.2, -0.15) is 0 Å². The maximum absolute atomic E-state index is 12.4. The lowest BCUT2D eigenvalue weighted by Crippen LogP contribution is -2.34. The molecule has 0 aromatic heterocycles. The Bertz CT molecular complexity index is 742. The van der Waals surface area contributed by atoms with Crippen LogP contribution < -0.4 is 0 Å². The van der Waals surface area contributed by atoms with Crippen LogP contribution in [0.25, 0.3) is 0 Å². The molecule has 0 radical (unpaired) electrons. The molecule has 5 nitrogen and oxygen atoms in total. The Labute approximate surface area is 154 Å². The quantitative estimate of drug-likeness (QED) is 0.614. The van der Waals surface area contributed by atoms with Crippen LogP contribution in [0, 0.1) is 0 Å². The van der Waals surface area contributed by atoms with Gasteiger partial charge in [0.1, 0.15) is 0 Å². The molecule has 0 spiro atoms. The minimum absolute atomic E-state index is 0.511. The predicted molar refractivity (Wildman–Crippen MR) is 94.8 cm³/mol. The van der Waals surface area contributed by atoms with E-state index in [1.807, 2.05) is 0 Å². The van der Waals surface area contributed by atoms with Gasteiger partial charge in [-0.25, -0.2) is 4.79 Å². The highest BCUT2D eigenvalue weighted by molar-refractivity contribution is 6.36. The van der Waals surface area contributed by atoms with Crippen molar-refractivity contribution in [2.75, 3.05) is 7.05 Å². The van der Waals surface area contributed by atoms with E-state index in [1.54, 1.807) is 48.5 Å². The molecule has 25 heavy (non-hydrogen) atoms. The number of Topliss-reactive ketones (excluding diaryl/α,β-unsaturated/α-hetero) is 1. The first kappa shape index (κ1) is 19.0. The van der Waals surface area contributed by atoms with Gasteiger partial charge in [-0.3, -0.25) is 9.59 Å². The Kier molecular flexibility index (Phi) is 6.17. The minimum Gasteiger partial charge on any atom is -0.475 e. The van der Waals surface area contributed by atoms with Crippen LogP contribution in [0.3, 0.4) is 0 Å². The van der Waals surface area contributed by atoms with Gasteiger partial charge in [-0.15, -0.1) is 0 Å². The first-order chi connectivity index (χ1) is 11.8. The maximum Gasteiger partial charge on any atom is 0.372 e. The van der Waals surface area contributed by atoms with E-state index in [9.17, 15) is 14.4 Å². The molecule has 0 unspecified atom stereocenters. The van der Waals surface area contributed by atoms with Crippen molar-refractivity contribution in [3.8, 4) is 0 Å². The Morgan fingerprint density at radius 1 is 0.920 bits per heavy atom. The number of amides is 1. The average molecular weight is 380 g/mol. The van der Waals surface area contributed by atoms with E-state index in [2.05, 4.69) is 0 Å². The molecular weight excluding hydrogens is 365 g/mol. The minimum atomic E-state index is -1.63. The Balaban J connectivity index is 2.38. The lowest BCUT2D eigenvalue weighted by Gasteiger charge is -2.29. The van der Waals surface area contributed by atoms with Crippen molar-refractivity contribution in [1.29, 1.82) is 0 Å². The third-order valence-corrected chi connectivity index (χ3v) is 4.21. The number of halogens is 2.